The van der Waals surface area contributed by atoms with Gasteiger partial charge in [0.05, 0.1) is 36.9 Å². The number of aliphatic hydroxyl groups excluding tert-OH is 1. The van der Waals surface area contributed by atoms with Crippen molar-refractivity contribution >= 4 is 23.1 Å². The molecule has 0 bridgehead atoms. The van der Waals surface area contributed by atoms with E-state index >= 15 is 0 Å². The predicted octanol–water partition coefficient (Wildman–Crippen LogP) is 2.75. The summed E-state index contributed by atoms with van der Waals surface area (Å²) < 4.78 is 10.6. The molecule has 2 saturated heterocycles. The Morgan fingerprint density at radius 1 is 1.14 bits per heavy atom. The molecule has 10 nitrogen and oxygen atoms in total. The normalized spacial score (nSPS) is 20.3. The third kappa shape index (κ3) is 5.18. The number of ether oxygens (including phenoxy) is 2. The summed E-state index contributed by atoms with van der Waals surface area (Å²) in [5.41, 5.74) is 0.683. The highest BCUT2D eigenvalue weighted by molar-refractivity contribution is 6.46. The molecular weight excluding hydrogens is 454 g/mol. The summed E-state index contributed by atoms with van der Waals surface area (Å²) in [6.07, 6.45) is 0.621. The monoisotopic (exact) mass is 481 g/mol. The van der Waals surface area contributed by atoms with Gasteiger partial charge in [-0.05, 0) is 36.2 Å². The average Bonchev–Trinajstić information content (AvgIpc) is 3.14. The number of amides is 1. The largest absolute Gasteiger partial charge is 0.507 e. The fourth-order valence-electron chi connectivity index (χ4n) is 4.45. The van der Waals surface area contributed by atoms with Gasteiger partial charge in [0.1, 0.15) is 11.5 Å². The van der Waals surface area contributed by atoms with Gasteiger partial charge in [-0.2, -0.15) is 0 Å². The van der Waals surface area contributed by atoms with Gasteiger partial charge in [-0.15, -0.1) is 0 Å². The molecule has 2 aromatic rings. The van der Waals surface area contributed by atoms with Crippen molar-refractivity contribution < 1.29 is 29.1 Å². The van der Waals surface area contributed by atoms with Gasteiger partial charge in [0.15, 0.2) is 0 Å². The number of hydrogen-bond donors (Lipinski definition) is 1. The van der Waals surface area contributed by atoms with Gasteiger partial charge in [-0.3, -0.25) is 24.6 Å². The number of morpholine rings is 1. The Kier molecular flexibility index (Phi) is 7.42. The van der Waals surface area contributed by atoms with Crippen LogP contribution in [-0.4, -0.2) is 78.0 Å². The van der Waals surface area contributed by atoms with Crippen molar-refractivity contribution in [2.45, 2.75) is 12.5 Å². The van der Waals surface area contributed by atoms with Gasteiger partial charge >= 0.3 is 0 Å². The maximum Gasteiger partial charge on any atom is 0.295 e. The minimum atomic E-state index is -0.869. The van der Waals surface area contributed by atoms with Crippen LogP contribution < -0.4 is 4.74 Å². The van der Waals surface area contributed by atoms with Crippen molar-refractivity contribution in [2.75, 3.05) is 46.5 Å². The molecular formula is C25H27N3O7. The molecule has 0 radical (unpaired) electrons. The molecule has 0 aromatic heterocycles. The van der Waals surface area contributed by atoms with Crippen LogP contribution in [0.5, 0.6) is 5.75 Å². The summed E-state index contributed by atoms with van der Waals surface area (Å²) in [5, 5.41) is 22.3. The van der Waals surface area contributed by atoms with Crippen molar-refractivity contribution in [3.8, 4) is 5.75 Å². The van der Waals surface area contributed by atoms with Crippen LogP contribution in [0.25, 0.3) is 5.76 Å². The first-order valence-corrected chi connectivity index (χ1v) is 11.4. The summed E-state index contributed by atoms with van der Waals surface area (Å²) in [6, 6.07) is 11.4. The van der Waals surface area contributed by atoms with E-state index < -0.39 is 22.7 Å². The molecule has 10 heteroatoms. The highest BCUT2D eigenvalue weighted by Crippen LogP contribution is 2.40. The number of carbonyl (C=O) groups excluding carboxylic acids is 2. The zero-order valence-electron chi connectivity index (χ0n) is 19.4. The second-order valence-electron chi connectivity index (χ2n) is 8.38. The van der Waals surface area contributed by atoms with Crippen molar-refractivity contribution in [1.29, 1.82) is 0 Å². The van der Waals surface area contributed by atoms with Crippen molar-refractivity contribution in [3.05, 3.63) is 75.3 Å². The van der Waals surface area contributed by atoms with Crippen LogP contribution in [0, 0.1) is 10.1 Å². The number of ketones is 1. The number of Topliss-reactive ketones (excluding diaryl/α,β-unsaturated/α-hetero) is 1. The van der Waals surface area contributed by atoms with Crippen LogP contribution >= 0.6 is 0 Å². The Morgan fingerprint density at radius 2 is 1.86 bits per heavy atom. The lowest BCUT2D eigenvalue weighted by molar-refractivity contribution is -0.384. The lowest BCUT2D eigenvalue weighted by Crippen LogP contribution is -2.38. The van der Waals surface area contributed by atoms with E-state index in [1.807, 2.05) is 0 Å². The minimum Gasteiger partial charge on any atom is -0.507 e. The van der Waals surface area contributed by atoms with Crippen molar-refractivity contribution in [2.24, 2.45) is 0 Å². The van der Waals surface area contributed by atoms with E-state index in [-0.39, 0.29) is 17.0 Å². The summed E-state index contributed by atoms with van der Waals surface area (Å²) in [7, 11) is 1.49. The molecule has 184 valence electrons. The molecule has 2 aromatic carbocycles. The molecule has 1 amide bonds. The molecule has 1 unspecified atom stereocenters. The number of nitro benzene ring substituents is 1. The minimum absolute atomic E-state index is 0.0523. The van der Waals surface area contributed by atoms with Crippen LogP contribution in [0.4, 0.5) is 5.69 Å². The van der Waals surface area contributed by atoms with Crippen LogP contribution in [-0.2, 0) is 14.3 Å². The van der Waals surface area contributed by atoms with Gasteiger partial charge in [0.2, 0.25) is 0 Å². The Balaban J connectivity index is 1.69. The number of non-ortho nitro benzene ring substituents is 1. The zero-order chi connectivity index (χ0) is 24.9. The smallest absolute Gasteiger partial charge is 0.295 e. The van der Waals surface area contributed by atoms with E-state index in [2.05, 4.69) is 4.90 Å². The third-order valence-electron chi connectivity index (χ3n) is 6.28. The van der Waals surface area contributed by atoms with Gasteiger partial charge in [0.25, 0.3) is 17.4 Å². The Hall–Kier alpha value is -3.76. The molecule has 35 heavy (non-hydrogen) atoms. The van der Waals surface area contributed by atoms with Crippen LogP contribution in [0.1, 0.15) is 23.6 Å². The number of nitrogens with zero attached hydrogens (tertiary/aromatic N) is 3. The number of nitro groups is 1. The molecule has 1 N–H and O–H groups in total. The standard InChI is InChI=1S/C25H27N3O7/c1-34-20-5-2-4-18(16-20)23(29)21-22(17-6-8-19(9-7-17)28(32)33)27(25(31)24(21)30)11-3-10-26-12-14-35-15-13-26/h2,4-9,16,22,29H,3,10-15H2,1H3/b23-21-. The third-order valence-corrected chi connectivity index (χ3v) is 6.28. The number of benzene rings is 2. The van der Waals surface area contributed by atoms with Gasteiger partial charge in [-0.1, -0.05) is 12.1 Å². The number of methoxy groups -OCH3 is 1. The molecule has 2 heterocycles. The van der Waals surface area contributed by atoms with E-state index in [1.165, 1.54) is 36.3 Å². The molecule has 2 fully saturated rings. The Labute approximate surface area is 202 Å². The maximum absolute atomic E-state index is 13.1. The van der Waals surface area contributed by atoms with E-state index in [4.69, 9.17) is 9.47 Å². The van der Waals surface area contributed by atoms with Gasteiger partial charge in [-0.25, -0.2) is 0 Å². The summed E-state index contributed by atoms with van der Waals surface area (Å²) in [6.45, 7) is 3.95. The molecule has 2 aliphatic heterocycles. The van der Waals surface area contributed by atoms with Gasteiger partial charge in [0, 0.05) is 43.9 Å². The van der Waals surface area contributed by atoms with Crippen molar-refractivity contribution in [1.82, 2.24) is 9.80 Å². The van der Waals surface area contributed by atoms with E-state index in [0.717, 1.165) is 19.6 Å². The van der Waals surface area contributed by atoms with Crippen molar-refractivity contribution in [3.63, 3.8) is 0 Å². The number of likely N-dealkylation sites (tertiary alicyclic amines) is 1. The van der Waals surface area contributed by atoms with Crippen LogP contribution in [0.3, 0.4) is 0 Å². The lowest BCUT2D eigenvalue weighted by Gasteiger charge is -2.29. The first-order chi connectivity index (χ1) is 16.9. The summed E-state index contributed by atoms with van der Waals surface area (Å²) in [4.78, 5) is 40.5. The Bertz CT molecular complexity index is 1140. The molecule has 0 aliphatic carbocycles. The molecule has 2 aliphatic rings. The highest BCUT2D eigenvalue weighted by atomic mass is 16.6. The second kappa shape index (κ2) is 10.7. The quantitative estimate of drug-likeness (QED) is 0.201. The fraction of sp³-hybridized carbons (Fsp3) is 0.360. The fourth-order valence-corrected chi connectivity index (χ4v) is 4.45. The average molecular weight is 482 g/mol. The second-order valence-corrected chi connectivity index (χ2v) is 8.38. The highest BCUT2D eigenvalue weighted by Gasteiger charge is 2.46. The number of aliphatic hydroxyl groups is 1. The number of rotatable bonds is 8. The van der Waals surface area contributed by atoms with Gasteiger partial charge < -0.3 is 19.5 Å². The van der Waals surface area contributed by atoms with Crippen LogP contribution in [0.15, 0.2) is 54.1 Å². The molecule has 1 atom stereocenters. The summed E-state index contributed by atoms with van der Waals surface area (Å²) >= 11 is 0. The first-order valence-electron chi connectivity index (χ1n) is 11.4. The topological polar surface area (TPSA) is 122 Å². The van der Waals surface area contributed by atoms with E-state index in [1.54, 1.807) is 24.3 Å². The Morgan fingerprint density at radius 3 is 2.51 bits per heavy atom. The lowest BCUT2D eigenvalue weighted by atomic mass is 9.95. The molecule has 0 spiro atoms. The predicted molar refractivity (Wildman–Crippen MR) is 127 cm³/mol. The molecule has 4 rings (SSSR count). The number of carbonyl (C=O) groups is 2. The van der Waals surface area contributed by atoms with E-state index in [9.17, 15) is 24.8 Å². The first kappa shape index (κ1) is 24.4. The summed E-state index contributed by atoms with van der Waals surface area (Å²) in [5.74, 6) is -1.33. The zero-order valence-corrected chi connectivity index (χ0v) is 19.4. The maximum atomic E-state index is 13.1. The molecule has 0 saturated carbocycles. The van der Waals surface area contributed by atoms with Crippen LogP contribution in [0.2, 0.25) is 0 Å². The van der Waals surface area contributed by atoms with E-state index in [0.29, 0.717) is 43.1 Å². The SMILES string of the molecule is COc1cccc(/C(O)=C2/C(=O)C(=O)N(CCCN3CCOCC3)C2c2ccc([N+](=O)[O-])cc2)c1. The number of hydrogen-bond acceptors (Lipinski definition) is 8.